The first kappa shape index (κ1) is 24.4. The van der Waals surface area contributed by atoms with Crippen LogP contribution in [0.2, 0.25) is 0 Å². The summed E-state index contributed by atoms with van der Waals surface area (Å²) in [6, 6.07) is 15.0. The van der Waals surface area contributed by atoms with E-state index < -0.39 is 11.7 Å². The van der Waals surface area contributed by atoms with Crippen LogP contribution >= 0.6 is 23.5 Å². The number of fused-ring (bicyclic) bond motifs is 2. The Morgan fingerprint density at radius 1 is 1.00 bits per heavy atom. The molecule has 0 saturated carbocycles. The quantitative estimate of drug-likeness (QED) is 0.389. The van der Waals surface area contributed by atoms with Crippen molar-refractivity contribution in [3.8, 4) is 0 Å². The van der Waals surface area contributed by atoms with Crippen LogP contribution in [0.3, 0.4) is 0 Å². The van der Waals surface area contributed by atoms with Crippen LogP contribution in [0.5, 0.6) is 0 Å². The van der Waals surface area contributed by atoms with Crippen LogP contribution < -0.4 is 5.32 Å². The lowest BCUT2D eigenvalue weighted by atomic mass is 10.1. The molecule has 2 aromatic rings. The molecule has 8 heteroatoms. The number of ether oxygens (including phenoxy) is 1. The number of carbonyl (C=O) groups excluding carboxylic acids is 3. The fraction of sp³-hybridized carbons (Fsp3) is 0.346. The maximum Gasteiger partial charge on any atom is 0.407 e. The summed E-state index contributed by atoms with van der Waals surface area (Å²) in [6.45, 7) is 5.74. The van der Waals surface area contributed by atoms with E-state index in [1.807, 2.05) is 45.1 Å². The van der Waals surface area contributed by atoms with Crippen LogP contribution in [0.25, 0.3) is 0 Å². The third-order valence-electron chi connectivity index (χ3n) is 5.36. The first-order valence-electron chi connectivity index (χ1n) is 11.2. The summed E-state index contributed by atoms with van der Waals surface area (Å²) >= 11 is 3.56. The minimum atomic E-state index is -0.557. The maximum absolute atomic E-state index is 13.1. The molecule has 3 amide bonds. The molecule has 34 heavy (non-hydrogen) atoms. The Hall–Kier alpha value is -2.71. The van der Waals surface area contributed by atoms with E-state index in [0.717, 1.165) is 0 Å². The minimum Gasteiger partial charge on any atom is -0.444 e. The van der Waals surface area contributed by atoms with Crippen molar-refractivity contribution in [3.05, 3.63) is 71.8 Å². The van der Waals surface area contributed by atoms with Crippen molar-refractivity contribution in [2.45, 2.75) is 59.6 Å². The topological polar surface area (TPSA) is 75.7 Å². The van der Waals surface area contributed by atoms with E-state index in [-0.39, 0.29) is 22.4 Å². The zero-order chi connectivity index (χ0) is 24.3. The number of hydrogen-bond acceptors (Lipinski definition) is 6. The van der Waals surface area contributed by atoms with Gasteiger partial charge in [0, 0.05) is 22.4 Å². The Labute approximate surface area is 208 Å². The van der Waals surface area contributed by atoms with E-state index in [1.165, 1.54) is 14.7 Å². The number of rotatable bonds is 7. The summed E-state index contributed by atoms with van der Waals surface area (Å²) in [7, 11) is 0. The number of benzene rings is 2. The number of thioether (sulfide) groups is 2. The van der Waals surface area contributed by atoms with E-state index in [9.17, 15) is 14.4 Å². The predicted molar refractivity (Wildman–Crippen MR) is 135 cm³/mol. The molecule has 6 nitrogen and oxygen atoms in total. The van der Waals surface area contributed by atoms with E-state index in [0.29, 0.717) is 30.5 Å². The standard InChI is InChI=1S/C26H28N2O4S2/c1-26(2,3)32-25(31)27-15-9-8-10-17(16-22-33-20-13-6-7-14-21(20)34-22)28-23(29)18-11-4-5-12-19(18)24(28)30/h4-9,11-14,17,22H,10,15-16H2,1-3H3,(H,27,31). The highest BCUT2D eigenvalue weighted by Crippen LogP contribution is 2.50. The van der Waals surface area contributed by atoms with Gasteiger partial charge in [-0.25, -0.2) is 4.79 Å². The van der Waals surface area contributed by atoms with Crippen molar-refractivity contribution in [3.63, 3.8) is 0 Å². The number of alkyl carbamates (subject to hydrolysis) is 1. The van der Waals surface area contributed by atoms with Gasteiger partial charge >= 0.3 is 6.09 Å². The molecule has 1 unspecified atom stereocenters. The molecule has 0 bridgehead atoms. The van der Waals surface area contributed by atoms with Gasteiger partial charge in [-0.3, -0.25) is 14.5 Å². The van der Waals surface area contributed by atoms with Crippen molar-refractivity contribution in [2.24, 2.45) is 0 Å². The van der Waals surface area contributed by atoms with Crippen molar-refractivity contribution in [1.29, 1.82) is 0 Å². The fourth-order valence-electron chi connectivity index (χ4n) is 3.91. The lowest BCUT2D eigenvalue weighted by Crippen LogP contribution is -2.40. The molecule has 0 fully saturated rings. The van der Waals surface area contributed by atoms with Gasteiger partial charge in [0.05, 0.1) is 15.7 Å². The molecule has 2 heterocycles. The Morgan fingerprint density at radius 2 is 1.56 bits per heavy atom. The molecule has 1 atom stereocenters. The molecule has 4 rings (SSSR count). The van der Waals surface area contributed by atoms with Crippen LogP contribution in [0.1, 0.15) is 54.3 Å². The molecular weight excluding hydrogens is 468 g/mol. The molecule has 2 aliphatic rings. The largest absolute Gasteiger partial charge is 0.444 e. The summed E-state index contributed by atoms with van der Waals surface area (Å²) in [6.07, 6.45) is 4.45. The number of nitrogens with zero attached hydrogens (tertiary/aromatic N) is 1. The molecule has 178 valence electrons. The van der Waals surface area contributed by atoms with Gasteiger partial charge in [0.2, 0.25) is 0 Å². The predicted octanol–water partition coefficient (Wildman–Crippen LogP) is 5.74. The summed E-state index contributed by atoms with van der Waals surface area (Å²) in [4.78, 5) is 42.0. The Bertz CT molecular complexity index is 1070. The second-order valence-electron chi connectivity index (χ2n) is 9.12. The number of imide groups is 1. The number of carbonyl (C=O) groups is 3. The van der Waals surface area contributed by atoms with Gasteiger partial charge in [0.1, 0.15) is 5.60 Å². The van der Waals surface area contributed by atoms with Crippen LogP contribution in [-0.2, 0) is 4.74 Å². The minimum absolute atomic E-state index is 0.208. The van der Waals surface area contributed by atoms with E-state index in [1.54, 1.807) is 47.8 Å². The van der Waals surface area contributed by atoms with Gasteiger partial charge < -0.3 is 10.1 Å². The van der Waals surface area contributed by atoms with Crippen LogP contribution in [0, 0.1) is 0 Å². The highest BCUT2D eigenvalue weighted by atomic mass is 32.2. The highest BCUT2D eigenvalue weighted by Gasteiger charge is 2.40. The SMILES string of the molecule is CC(C)(C)OC(=O)NCC=CCC(CC1Sc2ccccc2S1)N1C(=O)c2ccccc2C1=O. The number of hydrogen-bond donors (Lipinski definition) is 1. The van der Waals surface area contributed by atoms with E-state index >= 15 is 0 Å². The number of amides is 3. The van der Waals surface area contributed by atoms with Crippen molar-refractivity contribution in [1.82, 2.24) is 10.2 Å². The fourth-order valence-corrected chi connectivity index (χ4v) is 6.90. The number of nitrogens with one attached hydrogen (secondary N) is 1. The molecule has 2 aromatic carbocycles. The van der Waals surface area contributed by atoms with Crippen LogP contribution in [-0.4, -0.2) is 45.6 Å². The Kier molecular flexibility index (Phi) is 7.38. The Balaban J connectivity index is 1.44. The molecule has 2 aliphatic heterocycles. The van der Waals surface area contributed by atoms with Crippen molar-refractivity contribution < 1.29 is 19.1 Å². The summed E-state index contributed by atoms with van der Waals surface area (Å²) in [5, 5.41) is 2.70. The van der Waals surface area contributed by atoms with Gasteiger partial charge in [-0.2, -0.15) is 0 Å². The molecule has 0 aromatic heterocycles. The van der Waals surface area contributed by atoms with Gasteiger partial charge in [0.15, 0.2) is 0 Å². The highest BCUT2D eigenvalue weighted by molar-refractivity contribution is 8.19. The second kappa shape index (κ2) is 10.3. The smallest absolute Gasteiger partial charge is 0.407 e. The third kappa shape index (κ3) is 5.67. The lowest BCUT2D eigenvalue weighted by molar-refractivity contribution is 0.0531. The van der Waals surface area contributed by atoms with Gasteiger partial charge in [-0.15, -0.1) is 23.5 Å². The third-order valence-corrected chi connectivity index (χ3v) is 8.20. The lowest BCUT2D eigenvalue weighted by Gasteiger charge is -2.27. The van der Waals surface area contributed by atoms with Gasteiger partial charge in [0.25, 0.3) is 11.8 Å². The first-order valence-corrected chi connectivity index (χ1v) is 13.0. The van der Waals surface area contributed by atoms with Crippen LogP contribution in [0.15, 0.2) is 70.5 Å². The normalized spacial score (nSPS) is 16.6. The molecule has 1 N–H and O–H groups in total. The molecular formula is C26H28N2O4S2. The average molecular weight is 497 g/mol. The summed E-state index contributed by atoms with van der Waals surface area (Å²) in [5.74, 6) is -0.479. The zero-order valence-corrected chi connectivity index (χ0v) is 21.1. The van der Waals surface area contributed by atoms with Crippen molar-refractivity contribution >= 4 is 41.4 Å². The Morgan fingerprint density at radius 3 is 2.12 bits per heavy atom. The van der Waals surface area contributed by atoms with E-state index in [2.05, 4.69) is 17.4 Å². The van der Waals surface area contributed by atoms with Gasteiger partial charge in [-0.05, 0) is 57.9 Å². The molecule has 0 spiro atoms. The summed E-state index contributed by atoms with van der Waals surface area (Å²) < 4.78 is 5.45. The second-order valence-corrected chi connectivity index (χ2v) is 11.9. The molecule has 0 saturated heterocycles. The molecule has 0 radical (unpaired) electrons. The van der Waals surface area contributed by atoms with E-state index in [4.69, 9.17) is 4.74 Å². The van der Waals surface area contributed by atoms with Crippen LogP contribution in [0.4, 0.5) is 4.79 Å². The first-order chi connectivity index (χ1) is 16.2. The van der Waals surface area contributed by atoms with Crippen molar-refractivity contribution in [2.75, 3.05) is 6.54 Å². The monoisotopic (exact) mass is 496 g/mol. The average Bonchev–Trinajstić information content (AvgIpc) is 3.30. The maximum atomic E-state index is 13.1. The zero-order valence-electron chi connectivity index (χ0n) is 19.4. The molecule has 0 aliphatic carbocycles. The summed E-state index contributed by atoms with van der Waals surface area (Å²) in [5.41, 5.74) is 0.365. The van der Waals surface area contributed by atoms with Gasteiger partial charge in [-0.1, -0.05) is 36.4 Å².